The van der Waals surface area contributed by atoms with Crippen molar-refractivity contribution in [3.05, 3.63) is 88.6 Å². The number of nitrogens with zero attached hydrogens (tertiary/aromatic N) is 3. The van der Waals surface area contributed by atoms with Gasteiger partial charge in [-0.25, -0.2) is 13.8 Å². The van der Waals surface area contributed by atoms with E-state index in [4.69, 9.17) is 0 Å². The predicted octanol–water partition coefficient (Wildman–Crippen LogP) is 3.50. The number of carbonyl (C=O) groups excluding carboxylic acids is 4. The second-order valence-electron chi connectivity index (χ2n) is 11.7. The number of hydrogen-bond acceptors (Lipinski definition) is 5. The Bertz CT molecular complexity index is 1650. The van der Waals surface area contributed by atoms with Gasteiger partial charge in [-0.3, -0.25) is 19.2 Å². The molecule has 3 aliphatic rings. The second kappa shape index (κ2) is 9.71. The number of halogens is 2. The van der Waals surface area contributed by atoms with Gasteiger partial charge in [0.25, 0.3) is 0 Å². The van der Waals surface area contributed by atoms with Gasteiger partial charge in [0.2, 0.25) is 23.6 Å². The average molecular weight is 574 g/mol. The van der Waals surface area contributed by atoms with Crippen molar-refractivity contribution in [1.82, 2.24) is 14.8 Å². The van der Waals surface area contributed by atoms with E-state index in [0.29, 0.717) is 24.3 Å². The number of carbonyl (C=O) groups is 4. The molecule has 2 unspecified atom stereocenters. The minimum atomic E-state index is -1.27. The van der Waals surface area contributed by atoms with Gasteiger partial charge >= 0.3 is 0 Å². The molecule has 6 rings (SSSR count). The number of fused-ring (bicyclic) bond motifs is 3. The van der Waals surface area contributed by atoms with Crippen LogP contribution >= 0.6 is 0 Å². The summed E-state index contributed by atoms with van der Waals surface area (Å²) in [6.07, 6.45) is 2.59. The number of nitrogens with one attached hydrogen (secondary N) is 2. The first-order valence-corrected chi connectivity index (χ1v) is 13.6. The molecular formula is C31H29F2N5O4. The van der Waals surface area contributed by atoms with E-state index in [1.54, 1.807) is 32.2 Å². The minimum Gasteiger partial charge on any atom is -0.326 e. The van der Waals surface area contributed by atoms with Crippen LogP contribution in [0.2, 0.25) is 0 Å². The molecule has 1 aliphatic carbocycles. The fourth-order valence-corrected chi connectivity index (χ4v) is 6.57. The van der Waals surface area contributed by atoms with Crippen molar-refractivity contribution in [2.24, 2.45) is 0 Å². The van der Waals surface area contributed by atoms with Crippen LogP contribution in [0.1, 0.15) is 49.1 Å². The average Bonchev–Trinajstić information content (AvgIpc) is 3.43. The Morgan fingerprint density at radius 1 is 1.05 bits per heavy atom. The van der Waals surface area contributed by atoms with Crippen molar-refractivity contribution < 1.29 is 28.0 Å². The fraction of sp³-hybridized carbons (Fsp3) is 0.323. The lowest BCUT2D eigenvalue weighted by atomic mass is 9.79. The van der Waals surface area contributed by atoms with E-state index in [9.17, 15) is 28.0 Å². The Morgan fingerprint density at radius 3 is 2.48 bits per heavy atom. The van der Waals surface area contributed by atoms with Gasteiger partial charge in [-0.1, -0.05) is 12.1 Å². The molecule has 11 heteroatoms. The molecule has 3 aromatic rings. The lowest BCUT2D eigenvalue weighted by Gasteiger charge is -2.49. The van der Waals surface area contributed by atoms with Crippen LogP contribution in [0.15, 0.2) is 54.7 Å². The van der Waals surface area contributed by atoms with Gasteiger partial charge in [-0.15, -0.1) is 0 Å². The van der Waals surface area contributed by atoms with Crippen molar-refractivity contribution in [2.45, 2.75) is 50.6 Å². The zero-order chi connectivity index (χ0) is 30.0. The van der Waals surface area contributed by atoms with E-state index >= 15 is 0 Å². The molecule has 216 valence electrons. The molecule has 1 spiro atoms. The molecule has 42 heavy (non-hydrogen) atoms. The quantitative estimate of drug-likeness (QED) is 0.497. The number of rotatable bonds is 4. The maximum Gasteiger partial charge on any atom is 0.249 e. The van der Waals surface area contributed by atoms with E-state index in [1.165, 1.54) is 16.7 Å². The number of pyridine rings is 1. The maximum absolute atomic E-state index is 14.2. The summed E-state index contributed by atoms with van der Waals surface area (Å²) in [4.78, 5) is 59.3. The molecule has 2 N–H and O–H groups in total. The highest BCUT2D eigenvalue weighted by atomic mass is 19.1. The van der Waals surface area contributed by atoms with E-state index in [2.05, 4.69) is 15.6 Å². The van der Waals surface area contributed by atoms with Crippen LogP contribution < -0.4 is 10.6 Å². The van der Waals surface area contributed by atoms with E-state index in [0.717, 1.165) is 34.9 Å². The Morgan fingerprint density at radius 2 is 1.76 bits per heavy atom. The lowest BCUT2D eigenvalue weighted by Crippen LogP contribution is -2.65. The van der Waals surface area contributed by atoms with E-state index in [-0.39, 0.29) is 23.9 Å². The van der Waals surface area contributed by atoms with Gasteiger partial charge in [-0.2, -0.15) is 0 Å². The van der Waals surface area contributed by atoms with Gasteiger partial charge < -0.3 is 20.4 Å². The summed E-state index contributed by atoms with van der Waals surface area (Å²) in [5.41, 5.74) is 1.36. The highest BCUT2D eigenvalue weighted by molar-refractivity contribution is 6.06. The topological polar surface area (TPSA) is 112 Å². The molecule has 1 saturated heterocycles. The zero-order valence-electron chi connectivity index (χ0n) is 23.3. The van der Waals surface area contributed by atoms with Crippen LogP contribution in [-0.4, -0.2) is 57.0 Å². The van der Waals surface area contributed by atoms with Gasteiger partial charge in [0, 0.05) is 37.0 Å². The molecule has 0 saturated carbocycles. The summed E-state index contributed by atoms with van der Waals surface area (Å²) in [6.45, 7) is 4.03. The number of aromatic nitrogens is 1. The summed E-state index contributed by atoms with van der Waals surface area (Å²) >= 11 is 0. The van der Waals surface area contributed by atoms with Crippen LogP contribution in [0.3, 0.4) is 0 Å². The summed E-state index contributed by atoms with van der Waals surface area (Å²) in [5, 5.41) is 5.70. The van der Waals surface area contributed by atoms with Gasteiger partial charge in [0.1, 0.15) is 29.5 Å². The zero-order valence-corrected chi connectivity index (χ0v) is 23.3. The third kappa shape index (κ3) is 4.40. The molecule has 4 amide bonds. The summed E-state index contributed by atoms with van der Waals surface area (Å²) in [6, 6.07) is 11.1. The molecule has 9 nitrogen and oxygen atoms in total. The number of benzene rings is 2. The standard InChI is InChI=1S/C31H29F2N5O4/c1-17(39)38-15-25(19-9-21(32)12-22(33)10-19)37(29(42)30(38,2)3)16-26(40)35-23-7-6-18-13-31(14-20(18)11-23)24-5-4-8-34-27(24)36-28(31)41/h4-12,25H,13-16H2,1-3H3,(H,35,40)(H,34,36,41). The van der Waals surface area contributed by atoms with Crippen LogP contribution in [0.25, 0.3) is 0 Å². The second-order valence-corrected chi connectivity index (χ2v) is 11.7. The first kappa shape index (κ1) is 27.5. The number of amides is 4. The fourth-order valence-electron chi connectivity index (χ4n) is 6.57. The van der Waals surface area contributed by atoms with Gasteiger partial charge in [0.05, 0.1) is 11.5 Å². The Balaban J connectivity index is 1.24. The van der Waals surface area contributed by atoms with Crippen molar-refractivity contribution in [2.75, 3.05) is 23.7 Å². The first-order chi connectivity index (χ1) is 19.9. The molecule has 1 aromatic heterocycles. The third-order valence-electron chi connectivity index (χ3n) is 8.62. The summed E-state index contributed by atoms with van der Waals surface area (Å²) in [7, 11) is 0. The minimum absolute atomic E-state index is 0.0381. The molecule has 1 fully saturated rings. The molecular weight excluding hydrogens is 544 g/mol. The van der Waals surface area contributed by atoms with Crippen LogP contribution in [-0.2, 0) is 37.4 Å². The maximum atomic E-state index is 14.2. The molecule has 0 bridgehead atoms. The summed E-state index contributed by atoms with van der Waals surface area (Å²) < 4.78 is 28.3. The molecule has 0 radical (unpaired) electrons. The Hall–Kier alpha value is -4.67. The lowest BCUT2D eigenvalue weighted by molar-refractivity contribution is -0.163. The van der Waals surface area contributed by atoms with Crippen molar-refractivity contribution >= 4 is 35.1 Å². The largest absolute Gasteiger partial charge is 0.326 e. The smallest absolute Gasteiger partial charge is 0.249 e. The first-order valence-electron chi connectivity index (χ1n) is 13.6. The number of hydrogen-bond donors (Lipinski definition) is 2. The Labute approximate surface area is 240 Å². The van der Waals surface area contributed by atoms with E-state index < -0.39 is 47.0 Å². The van der Waals surface area contributed by atoms with Crippen molar-refractivity contribution in [3.63, 3.8) is 0 Å². The van der Waals surface area contributed by atoms with E-state index in [1.807, 2.05) is 18.2 Å². The third-order valence-corrected chi connectivity index (χ3v) is 8.62. The highest BCUT2D eigenvalue weighted by Gasteiger charge is 2.51. The predicted molar refractivity (Wildman–Crippen MR) is 149 cm³/mol. The highest BCUT2D eigenvalue weighted by Crippen LogP contribution is 2.47. The molecule has 3 heterocycles. The van der Waals surface area contributed by atoms with Crippen LogP contribution in [0.5, 0.6) is 0 Å². The molecule has 2 aromatic carbocycles. The number of piperazine rings is 1. The van der Waals surface area contributed by atoms with Crippen LogP contribution in [0.4, 0.5) is 20.3 Å². The molecule has 2 atom stereocenters. The molecule has 2 aliphatic heterocycles. The number of anilines is 2. The normalized spacial score (nSPS) is 22.2. The van der Waals surface area contributed by atoms with Crippen molar-refractivity contribution in [3.8, 4) is 0 Å². The Kier molecular flexibility index (Phi) is 6.36. The van der Waals surface area contributed by atoms with Gasteiger partial charge in [-0.05, 0) is 73.7 Å². The van der Waals surface area contributed by atoms with Gasteiger partial charge in [0.15, 0.2) is 0 Å². The van der Waals surface area contributed by atoms with Crippen LogP contribution in [0, 0.1) is 11.6 Å². The SMILES string of the molecule is CC(=O)N1CC(c2cc(F)cc(F)c2)N(CC(=O)Nc2ccc3c(c2)CC2(C3)C(=O)Nc3ncccc32)C(=O)C1(C)C. The summed E-state index contributed by atoms with van der Waals surface area (Å²) in [5.74, 6) is -2.61. The monoisotopic (exact) mass is 573 g/mol. The van der Waals surface area contributed by atoms with Crippen molar-refractivity contribution in [1.29, 1.82) is 0 Å².